The van der Waals surface area contributed by atoms with E-state index >= 15 is 0 Å². The topological polar surface area (TPSA) is 67.4 Å². The van der Waals surface area contributed by atoms with Crippen molar-refractivity contribution >= 4 is 17.5 Å². The predicted molar refractivity (Wildman–Crippen MR) is 108 cm³/mol. The lowest BCUT2D eigenvalue weighted by Crippen LogP contribution is -2.47. The van der Waals surface area contributed by atoms with E-state index < -0.39 is 6.04 Å². The molecule has 0 fully saturated rings. The largest absolute Gasteiger partial charge is 0.494 e. The molecular formula is C22H28N2O3. The van der Waals surface area contributed by atoms with E-state index in [0.29, 0.717) is 17.9 Å². The van der Waals surface area contributed by atoms with Gasteiger partial charge in [-0.2, -0.15) is 0 Å². The fraction of sp³-hybridized carbons (Fsp3) is 0.364. The van der Waals surface area contributed by atoms with Gasteiger partial charge in [0.15, 0.2) is 0 Å². The third-order valence-electron chi connectivity index (χ3n) is 4.44. The highest BCUT2D eigenvalue weighted by molar-refractivity contribution is 6.01. The zero-order chi connectivity index (χ0) is 20.0. The van der Waals surface area contributed by atoms with Crippen LogP contribution in [-0.4, -0.2) is 24.5 Å². The van der Waals surface area contributed by atoms with Crippen molar-refractivity contribution in [1.29, 1.82) is 0 Å². The molecule has 0 radical (unpaired) electrons. The van der Waals surface area contributed by atoms with Crippen LogP contribution in [0.5, 0.6) is 5.75 Å². The van der Waals surface area contributed by atoms with E-state index in [4.69, 9.17) is 4.74 Å². The molecule has 2 rings (SSSR count). The molecule has 27 heavy (non-hydrogen) atoms. The van der Waals surface area contributed by atoms with Gasteiger partial charge >= 0.3 is 0 Å². The highest BCUT2D eigenvalue weighted by Gasteiger charge is 2.25. The number of aryl methyl sites for hydroxylation is 2. The van der Waals surface area contributed by atoms with Crippen LogP contribution >= 0.6 is 0 Å². The standard InChI is InChI=1S/C22H28N2O3/c1-6-27-19-11-8-17(9-12-19)21(25)24-20(14(2)3)22(26)23-18-10-7-15(4)16(5)13-18/h7-14,20H,6H2,1-5H3,(H,23,26)(H,24,25)/t20-/m0/s1. The maximum Gasteiger partial charge on any atom is 0.251 e. The maximum atomic E-state index is 12.7. The van der Waals surface area contributed by atoms with E-state index in [1.807, 2.05) is 52.8 Å². The van der Waals surface area contributed by atoms with Gasteiger partial charge in [-0.05, 0) is 74.2 Å². The van der Waals surface area contributed by atoms with E-state index in [9.17, 15) is 9.59 Å². The summed E-state index contributed by atoms with van der Waals surface area (Å²) in [6.45, 7) is 10.3. The minimum absolute atomic E-state index is 0.0526. The highest BCUT2D eigenvalue weighted by Crippen LogP contribution is 2.16. The first-order chi connectivity index (χ1) is 12.8. The lowest BCUT2D eigenvalue weighted by atomic mass is 10.0. The maximum absolute atomic E-state index is 12.7. The lowest BCUT2D eigenvalue weighted by molar-refractivity contribution is -0.118. The molecule has 0 bridgehead atoms. The second-order valence-corrected chi connectivity index (χ2v) is 6.94. The molecule has 1 atom stereocenters. The number of anilines is 1. The van der Waals surface area contributed by atoms with Crippen LogP contribution in [0.15, 0.2) is 42.5 Å². The van der Waals surface area contributed by atoms with E-state index in [2.05, 4.69) is 10.6 Å². The summed E-state index contributed by atoms with van der Waals surface area (Å²) in [4.78, 5) is 25.3. The van der Waals surface area contributed by atoms with Gasteiger partial charge in [-0.15, -0.1) is 0 Å². The molecule has 5 nitrogen and oxygen atoms in total. The van der Waals surface area contributed by atoms with Crippen LogP contribution < -0.4 is 15.4 Å². The predicted octanol–water partition coefficient (Wildman–Crippen LogP) is 4.10. The molecular weight excluding hydrogens is 340 g/mol. The Morgan fingerprint density at radius 2 is 1.67 bits per heavy atom. The monoisotopic (exact) mass is 368 g/mol. The lowest BCUT2D eigenvalue weighted by Gasteiger charge is -2.22. The molecule has 0 heterocycles. The molecule has 0 saturated carbocycles. The fourth-order valence-corrected chi connectivity index (χ4v) is 2.67. The quantitative estimate of drug-likeness (QED) is 0.773. The van der Waals surface area contributed by atoms with Gasteiger partial charge in [-0.25, -0.2) is 0 Å². The van der Waals surface area contributed by atoms with Crippen molar-refractivity contribution in [2.45, 2.75) is 40.7 Å². The van der Waals surface area contributed by atoms with Crippen LogP contribution in [0.25, 0.3) is 0 Å². The number of amides is 2. The Hall–Kier alpha value is -2.82. The fourth-order valence-electron chi connectivity index (χ4n) is 2.67. The number of rotatable bonds is 7. The summed E-state index contributed by atoms with van der Waals surface area (Å²) in [5.41, 5.74) is 3.48. The van der Waals surface area contributed by atoms with Gasteiger partial charge in [0.2, 0.25) is 5.91 Å². The Morgan fingerprint density at radius 1 is 1.00 bits per heavy atom. The van der Waals surface area contributed by atoms with Gasteiger partial charge in [0.1, 0.15) is 11.8 Å². The molecule has 0 aliphatic rings. The zero-order valence-corrected chi connectivity index (χ0v) is 16.6. The zero-order valence-electron chi connectivity index (χ0n) is 16.6. The Bertz CT molecular complexity index is 798. The summed E-state index contributed by atoms with van der Waals surface area (Å²) in [5.74, 6) is 0.143. The Morgan fingerprint density at radius 3 is 2.22 bits per heavy atom. The van der Waals surface area contributed by atoms with Crippen LogP contribution in [0, 0.1) is 19.8 Å². The van der Waals surface area contributed by atoms with Crippen LogP contribution in [-0.2, 0) is 4.79 Å². The molecule has 0 unspecified atom stereocenters. The Labute approximate surface area is 161 Å². The molecule has 0 saturated heterocycles. The first kappa shape index (κ1) is 20.5. The van der Waals surface area contributed by atoms with E-state index in [-0.39, 0.29) is 17.7 Å². The number of carbonyl (C=O) groups is 2. The number of nitrogens with one attached hydrogen (secondary N) is 2. The summed E-state index contributed by atoms with van der Waals surface area (Å²) in [5, 5.41) is 5.74. The minimum atomic E-state index is -0.634. The van der Waals surface area contributed by atoms with Crippen molar-refractivity contribution in [3.63, 3.8) is 0 Å². The summed E-state index contributed by atoms with van der Waals surface area (Å²) in [7, 11) is 0. The number of ether oxygens (including phenoxy) is 1. The summed E-state index contributed by atoms with van der Waals surface area (Å²) < 4.78 is 5.39. The minimum Gasteiger partial charge on any atom is -0.494 e. The Balaban J connectivity index is 2.08. The van der Waals surface area contributed by atoms with Crippen molar-refractivity contribution in [2.24, 2.45) is 5.92 Å². The number of hydrogen-bond acceptors (Lipinski definition) is 3. The number of benzene rings is 2. The van der Waals surface area contributed by atoms with Crippen LogP contribution in [0.3, 0.4) is 0 Å². The van der Waals surface area contributed by atoms with Gasteiger partial charge < -0.3 is 15.4 Å². The first-order valence-electron chi connectivity index (χ1n) is 9.23. The molecule has 2 aromatic carbocycles. The van der Waals surface area contributed by atoms with Crippen molar-refractivity contribution in [3.05, 3.63) is 59.2 Å². The third-order valence-corrected chi connectivity index (χ3v) is 4.44. The summed E-state index contributed by atoms with van der Waals surface area (Å²) in [6, 6.07) is 12.0. The van der Waals surface area contributed by atoms with Gasteiger partial charge in [0.25, 0.3) is 5.91 Å². The molecule has 144 valence electrons. The van der Waals surface area contributed by atoms with Gasteiger partial charge in [-0.3, -0.25) is 9.59 Å². The van der Waals surface area contributed by atoms with Gasteiger partial charge in [-0.1, -0.05) is 19.9 Å². The molecule has 2 aromatic rings. The second kappa shape index (κ2) is 9.21. The van der Waals surface area contributed by atoms with Crippen molar-refractivity contribution < 1.29 is 14.3 Å². The van der Waals surface area contributed by atoms with Gasteiger partial charge in [0, 0.05) is 11.3 Å². The van der Waals surface area contributed by atoms with E-state index in [1.54, 1.807) is 24.3 Å². The molecule has 0 spiro atoms. The first-order valence-corrected chi connectivity index (χ1v) is 9.23. The number of carbonyl (C=O) groups excluding carboxylic acids is 2. The molecule has 5 heteroatoms. The molecule has 0 aliphatic heterocycles. The van der Waals surface area contributed by atoms with Crippen molar-refractivity contribution in [2.75, 3.05) is 11.9 Å². The van der Waals surface area contributed by atoms with E-state index in [1.165, 1.54) is 0 Å². The molecule has 0 aromatic heterocycles. The molecule has 2 N–H and O–H groups in total. The van der Waals surface area contributed by atoms with Crippen LogP contribution in [0.4, 0.5) is 5.69 Å². The average Bonchev–Trinajstić information content (AvgIpc) is 2.63. The third kappa shape index (κ3) is 5.58. The second-order valence-electron chi connectivity index (χ2n) is 6.94. The molecule has 2 amide bonds. The average molecular weight is 368 g/mol. The normalized spacial score (nSPS) is 11.8. The van der Waals surface area contributed by atoms with Gasteiger partial charge in [0.05, 0.1) is 6.61 Å². The summed E-state index contributed by atoms with van der Waals surface area (Å²) in [6.07, 6.45) is 0. The van der Waals surface area contributed by atoms with Crippen LogP contribution in [0.1, 0.15) is 42.3 Å². The highest BCUT2D eigenvalue weighted by atomic mass is 16.5. The smallest absolute Gasteiger partial charge is 0.251 e. The van der Waals surface area contributed by atoms with Crippen molar-refractivity contribution in [3.8, 4) is 5.75 Å². The van der Waals surface area contributed by atoms with Crippen molar-refractivity contribution in [1.82, 2.24) is 5.32 Å². The number of hydrogen-bond donors (Lipinski definition) is 2. The SMILES string of the molecule is CCOc1ccc(C(=O)N[C@H](C(=O)Nc2ccc(C)c(C)c2)C(C)C)cc1. The molecule has 0 aliphatic carbocycles. The summed E-state index contributed by atoms with van der Waals surface area (Å²) >= 11 is 0. The van der Waals surface area contributed by atoms with Crippen LogP contribution in [0.2, 0.25) is 0 Å². The van der Waals surface area contributed by atoms with E-state index in [0.717, 1.165) is 16.8 Å². The Kier molecular flexibility index (Phi) is 6.99.